The highest BCUT2D eigenvalue weighted by atomic mass is 16.5. The molecule has 20 heavy (non-hydrogen) atoms. The maximum atomic E-state index is 12.0. The number of hydrogen-bond acceptors (Lipinski definition) is 2. The fourth-order valence-electron chi connectivity index (χ4n) is 1.97. The van der Waals surface area contributed by atoms with Crippen LogP contribution < -0.4 is 10.1 Å². The first-order valence-corrected chi connectivity index (χ1v) is 6.83. The number of hydrogen-bond donors (Lipinski definition) is 1. The molecule has 106 valence electrons. The average molecular weight is 271 g/mol. The van der Waals surface area contributed by atoms with Crippen molar-refractivity contribution in [2.24, 2.45) is 0 Å². The first-order valence-electron chi connectivity index (χ1n) is 6.83. The van der Waals surface area contributed by atoms with Crippen molar-refractivity contribution >= 4 is 16.7 Å². The Morgan fingerprint density at radius 1 is 1.10 bits per heavy atom. The molecule has 0 fully saturated rings. The summed E-state index contributed by atoms with van der Waals surface area (Å²) in [7, 11) is 0. The predicted molar refractivity (Wildman–Crippen MR) is 81.9 cm³/mol. The molecule has 2 rings (SSSR count). The number of carbonyl (C=O) groups excluding carboxylic acids is 1. The van der Waals surface area contributed by atoms with Gasteiger partial charge in [0.1, 0.15) is 5.75 Å². The molecule has 3 nitrogen and oxygen atoms in total. The Morgan fingerprint density at radius 2 is 1.75 bits per heavy atom. The van der Waals surface area contributed by atoms with Crippen LogP contribution >= 0.6 is 0 Å². The van der Waals surface area contributed by atoms with E-state index in [2.05, 4.69) is 11.4 Å². The van der Waals surface area contributed by atoms with Gasteiger partial charge in [0, 0.05) is 5.54 Å². The van der Waals surface area contributed by atoms with E-state index in [-0.39, 0.29) is 11.4 Å². The molecule has 0 bridgehead atoms. The van der Waals surface area contributed by atoms with Crippen molar-refractivity contribution in [3.8, 4) is 5.75 Å². The Balaban J connectivity index is 2.09. The summed E-state index contributed by atoms with van der Waals surface area (Å²) < 4.78 is 5.72. The molecule has 0 aliphatic rings. The zero-order valence-electron chi connectivity index (χ0n) is 12.4. The van der Waals surface area contributed by atoms with E-state index in [9.17, 15) is 4.79 Å². The van der Waals surface area contributed by atoms with Crippen LogP contribution in [-0.2, 0) is 4.79 Å². The third-order valence-electron chi connectivity index (χ3n) is 2.90. The molecule has 2 aromatic carbocycles. The molecule has 1 amide bonds. The average Bonchev–Trinajstić information content (AvgIpc) is 2.36. The molecule has 2 aromatic rings. The van der Waals surface area contributed by atoms with Crippen molar-refractivity contribution in [2.45, 2.75) is 39.3 Å². The second-order valence-corrected chi connectivity index (χ2v) is 6.01. The standard InChI is InChI=1S/C17H21NO2/c1-12(16(19)18-17(2,3)4)20-15-10-9-13-7-5-6-8-14(13)11-15/h5-12H,1-4H3,(H,18,19)/t12-/m0/s1. The lowest BCUT2D eigenvalue weighted by atomic mass is 10.1. The minimum atomic E-state index is -0.518. The number of benzene rings is 2. The highest BCUT2D eigenvalue weighted by molar-refractivity contribution is 5.84. The SMILES string of the molecule is C[C@H](Oc1ccc2ccccc2c1)C(=O)NC(C)(C)C. The topological polar surface area (TPSA) is 38.3 Å². The zero-order valence-corrected chi connectivity index (χ0v) is 12.4. The summed E-state index contributed by atoms with van der Waals surface area (Å²) in [6, 6.07) is 13.9. The van der Waals surface area contributed by atoms with Gasteiger partial charge in [0.25, 0.3) is 5.91 Å². The number of fused-ring (bicyclic) bond motifs is 1. The van der Waals surface area contributed by atoms with Gasteiger partial charge in [0.15, 0.2) is 6.10 Å². The van der Waals surface area contributed by atoms with Gasteiger partial charge in [0.05, 0.1) is 0 Å². The van der Waals surface area contributed by atoms with E-state index in [4.69, 9.17) is 4.74 Å². The molecule has 1 N–H and O–H groups in total. The van der Waals surface area contributed by atoms with Crippen LogP contribution in [0.2, 0.25) is 0 Å². The summed E-state index contributed by atoms with van der Waals surface area (Å²) in [4.78, 5) is 12.0. The van der Waals surface area contributed by atoms with Crippen molar-refractivity contribution in [2.75, 3.05) is 0 Å². The molecule has 0 aromatic heterocycles. The van der Waals surface area contributed by atoms with E-state index >= 15 is 0 Å². The quantitative estimate of drug-likeness (QED) is 0.927. The summed E-state index contributed by atoms with van der Waals surface area (Å²) in [6.07, 6.45) is -0.518. The van der Waals surface area contributed by atoms with Crippen molar-refractivity contribution in [1.82, 2.24) is 5.32 Å². The summed E-state index contributed by atoms with van der Waals surface area (Å²) in [5.41, 5.74) is -0.252. The Morgan fingerprint density at radius 3 is 2.40 bits per heavy atom. The van der Waals surface area contributed by atoms with Gasteiger partial charge in [-0.15, -0.1) is 0 Å². The largest absolute Gasteiger partial charge is 0.481 e. The van der Waals surface area contributed by atoms with E-state index in [0.29, 0.717) is 5.75 Å². The lowest BCUT2D eigenvalue weighted by molar-refractivity contribution is -0.128. The first kappa shape index (κ1) is 14.4. The molecule has 0 heterocycles. The van der Waals surface area contributed by atoms with Gasteiger partial charge in [0.2, 0.25) is 0 Å². The van der Waals surface area contributed by atoms with Gasteiger partial charge in [-0.2, -0.15) is 0 Å². The molecule has 0 aliphatic heterocycles. The van der Waals surface area contributed by atoms with Gasteiger partial charge >= 0.3 is 0 Å². The first-order chi connectivity index (χ1) is 9.35. The molecule has 0 saturated heterocycles. The maximum Gasteiger partial charge on any atom is 0.261 e. The van der Waals surface area contributed by atoms with E-state index in [1.807, 2.05) is 57.2 Å². The molecule has 0 unspecified atom stereocenters. The van der Waals surface area contributed by atoms with Crippen molar-refractivity contribution in [3.63, 3.8) is 0 Å². The third-order valence-corrected chi connectivity index (χ3v) is 2.90. The Kier molecular flexibility index (Phi) is 3.98. The number of nitrogens with one attached hydrogen (secondary N) is 1. The summed E-state index contributed by atoms with van der Waals surface area (Å²) >= 11 is 0. The van der Waals surface area contributed by atoms with Gasteiger partial charge in [-0.1, -0.05) is 30.3 Å². The number of ether oxygens (including phenoxy) is 1. The summed E-state index contributed by atoms with van der Waals surface area (Å²) in [5, 5.41) is 5.18. The van der Waals surface area contributed by atoms with E-state index in [0.717, 1.165) is 10.8 Å². The minimum Gasteiger partial charge on any atom is -0.481 e. The van der Waals surface area contributed by atoms with Crippen LogP contribution in [0.3, 0.4) is 0 Å². The van der Waals surface area contributed by atoms with E-state index < -0.39 is 6.10 Å². The zero-order chi connectivity index (χ0) is 14.8. The van der Waals surface area contributed by atoms with Crippen LogP contribution in [0.1, 0.15) is 27.7 Å². The highest BCUT2D eigenvalue weighted by Crippen LogP contribution is 2.21. The normalized spacial score (nSPS) is 13.0. The fourth-order valence-corrected chi connectivity index (χ4v) is 1.97. The monoisotopic (exact) mass is 271 g/mol. The Bertz CT molecular complexity index is 614. The smallest absolute Gasteiger partial charge is 0.261 e. The predicted octanol–water partition coefficient (Wildman–Crippen LogP) is 3.52. The van der Waals surface area contributed by atoms with Gasteiger partial charge < -0.3 is 10.1 Å². The van der Waals surface area contributed by atoms with Crippen LogP contribution in [0.4, 0.5) is 0 Å². The molecule has 0 aliphatic carbocycles. The molecule has 3 heteroatoms. The summed E-state index contributed by atoms with van der Waals surface area (Å²) in [5.74, 6) is 0.603. The maximum absolute atomic E-state index is 12.0. The molecule has 0 radical (unpaired) electrons. The van der Waals surface area contributed by atoms with E-state index in [1.54, 1.807) is 6.92 Å². The van der Waals surface area contributed by atoms with Crippen molar-refractivity contribution in [1.29, 1.82) is 0 Å². The fraction of sp³-hybridized carbons (Fsp3) is 0.353. The van der Waals surface area contributed by atoms with Crippen LogP contribution in [0.15, 0.2) is 42.5 Å². The lowest BCUT2D eigenvalue weighted by Gasteiger charge is -2.23. The Hall–Kier alpha value is -2.03. The molecule has 0 saturated carbocycles. The second kappa shape index (κ2) is 5.53. The molecular formula is C17H21NO2. The van der Waals surface area contributed by atoms with Gasteiger partial charge in [-0.25, -0.2) is 0 Å². The third kappa shape index (κ3) is 3.73. The molecule has 1 atom stereocenters. The number of amides is 1. The number of rotatable bonds is 3. The van der Waals surface area contributed by atoms with Gasteiger partial charge in [-0.3, -0.25) is 4.79 Å². The minimum absolute atomic E-state index is 0.106. The summed E-state index contributed by atoms with van der Waals surface area (Å²) in [6.45, 7) is 7.62. The van der Waals surface area contributed by atoms with Crippen molar-refractivity contribution < 1.29 is 9.53 Å². The second-order valence-electron chi connectivity index (χ2n) is 6.01. The molecular weight excluding hydrogens is 250 g/mol. The Labute approximate surface area is 119 Å². The highest BCUT2D eigenvalue weighted by Gasteiger charge is 2.20. The van der Waals surface area contributed by atoms with Crippen molar-refractivity contribution in [3.05, 3.63) is 42.5 Å². The van der Waals surface area contributed by atoms with E-state index in [1.165, 1.54) is 0 Å². The van der Waals surface area contributed by atoms with Gasteiger partial charge in [-0.05, 0) is 50.6 Å². The van der Waals surface area contributed by atoms with Crippen LogP contribution in [0.25, 0.3) is 10.8 Å². The lowest BCUT2D eigenvalue weighted by Crippen LogP contribution is -2.46. The van der Waals surface area contributed by atoms with Crippen LogP contribution in [0.5, 0.6) is 5.75 Å². The number of carbonyl (C=O) groups is 1. The van der Waals surface area contributed by atoms with Crippen LogP contribution in [0, 0.1) is 0 Å². The molecule has 0 spiro atoms. The van der Waals surface area contributed by atoms with Crippen LogP contribution in [-0.4, -0.2) is 17.6 Å².